The van der Waals surface area contributed by atoms with E-state index in [-0.39, 0.29) is 18.2 Å². The van der Waals surface area contributed by atoms with E-state index in [9.17, 15) is 9.59 Å². The molecule has 0 bridgehead atoms. The van der Waals surface area contributed by atoms with Gasteiger partial charge in [-0.05, 0) is 40.7 Å². The van der Waals surface area contributed by atoms with Crippen molar-refractivity contribution >= 4 is 23.3 Å². The molecule has 0 spiro atoms. The molecule has 24 heavy (non-hydrogen) atoms. The summed E-state index contributed by atoms with van der Waals surface area (Å²) in [6, 6.07) is 2.14. The first-order valence-corrected chi connectivity index (χ1v) is 9.05. The van der Waals surface area contributed by atoms with Gasteiger partial charge in [-0.1, -0.05) is 0 Å². The van der Waals surface area contributed by atoms with Crippen LogP contribution in [0.3, 0.4) is 0 Å². The molecule has 1 aliphatic rings. The molecule has 2 atom stereocenters. The summed E-state index contributed by atoms with van der Waals surface area (Å²) in [6.07, 6.45) is -0.256. The van der Waals surface area contributed by atoms with Gasteiger partial charge >= 0.3 is 6.09 Å². The molecule has 6 nitrogen and oxygen atoms in total. The molecule has 2 heterocycles. The molecule has 1 aromatic heterocycles. The Labute approximate surface area is 147 Å². The van der Waals surface area contributed by atoms with E-state index in [4.69, 9.17) is 10.5 Å². The maximum absolute atomic E-state index is 12.3. The Morgan fingerprint density at radius 2 is 1.96 bits per heavy atom. The SMILES string of the molecule is C[C@@H]1CN(C(=O)OC(C)(C)C)[C@H](C)CN1Cc1cc(C(N)=O)cs1. The summed E-state index contributed by atoms with van der Waals surface area (Å²) >= 11 is 1.54. The third-order valence-electron chi connectivity index (χ3n) is 4.04. The van der Waals surface area contributed by atoms with Crippen molar-refractivity contribution < 1.29 is 14.3 Å². The summed E-state index contributed by atoms with van der Waals surface area (Å²) < 4.78 is 5.50. The van der Waals surface area contributed by atoms with E-state index in [1.54, 1.807) is 21.6 Å². The van der Waals surface area contributed by atoms with Crippen LogP contribution < -0.4 is 5.73 Å². The van der Waals surface area contributed by atoms with Crippen LogP contribution in [0.15, 0.2) is 11.4 Å². The number of carbonyl (C=O) groups is 2. The molecule has 0 unspecified atom stereocenters. The van der Waals surface area contributed by atoms with Crippen molar-refractivity contribution in [3.05, 3.63) is 21.9 Å². The quantitative estimate of drug-likeness (QED) is 0.906. The zero-order valence-electron chi connectivity index (χ0n) is 15.0. The summed E-state index contributed by atoms with van der Waals surface area (Å²) in [7, 11) is 0. The Bertz CT molecular complexity index is 608. The van der Waals surface area contributed by atoms with Gasteiger partial charge in [0.2, 0.25) is 5.91 Å². The second kappa shape index (κ2) is 7.11. The first-order valence-electron chi connectivity index (χ1n) is 8.17. The Balaban J connectivity index is 1.99. The number of piperazine rings is 1. The van der Waals surface area contributed by atoms with Crippen LogP contribution in [-0.4, -0.2) is 52.6 Å². The van der Waals surface area contributed by atoms with Crippen molar-refractivity contribution in [3.63, 3.8) is 0 Å². The topological polar surface area (TPSA) is 75.9 Å². The van der Waals surface area contributed by atoms with Gasteiger partial charge in [-0.15, -0.1) is 11.3 Å². The molecular formula is C17H27N3O3S. The highest BCUT2D eigenvalue weighted by atomic mass is 32.1. The minimum absolute atomic E-state index is 0.0756. The standard InChI is InChI=1S/C17H27N3O3S/c1-11-8-20(16(22)23-17(3,4)5)12(2)7-19(11)9-14-6-13(10-24-14)15(18)21/h6,10-12H,7-9H2,1-5H3,(H2,18,21)/t11-,12-/m1/s1. The van der Waals surface area contributed by atoms with Crippen LogP contribution in [0.5, 0.6) is 0 Å². The Morgan fingerprint density at radius 3 is 2.50 bits per heavy atom. The molecule has 134 valence electrons. The zero-order chi connectivity index (χ0) is 18.1. The first kappa shape index (κ1) is 18.7. The summed E-state index contributed by atoms with van der Waals surface area (Å²) in [6.45, 7) is 11.9. The lowest BCUT2D eigenvalue weighted by molar-refractivity contribution is -0.0115. The summed E-state index contributed by atoms with van der Waals surface area (Å²) in [4.78, 5) is 28.8. The molecule has 2 N–H and O–H groups in total. The van der Waals surface area contributed by atoms with E-state index in [1.165, 1.54) is 0 Å². The minimum atomic E-state index is -0.487. The van der Waals surface area contributed by atoms with E-state index < -0.39 is 11.5 Å². The van der Waals surface area contributed by atoms with Gasteiger partial charge in [-0.2, -0.15) is 0 Å². The lowest BCUT2D eigenvalue weighted by atomic mass is 10.1. The maximum Gasteiger partial charge on any atom is 0.410 e. The van der Waals surface area contributed by atoms with Gasteiger partial charge in [-0.3, -0.25) is 9.69 Å². The molecule has 0 aliphatic carbocycles. The Hall–Kier alpha value is -1.60. The molecule has 0 aromatic carbocycles. The number of hydrogen-bond donors (Lipinski definition) is 1. The second-order valence-corrected chi connectivity index (χ2v) is 8.42. The average molecular weight is 353 g/mol. The second-order valence-electron chi connectivity index (χ2n) is 7.43. The normalized spacial score (nSPS) is 22.5. The monoisotopic (exact) mass is 353 g/mol. The summed E-state index contributed by atoms with van der Waals surface area (Å²) in [5.41, 5.74) is 5.38. The van der Waals surface area contributed by atoms with Crippen LogP contribution in [0.25, 0.3) is 0 Å². The van der Waals surface area contributed by atoms with Crippen molar-refractivity contribution in [3.8, 4) is 0 Å². The molecule has 0 saturated carbocycles. The number of amides is 2. The lowest BCUT2D eigenvalue weighted by Crippen LogP contribution is -2.58. The molecule has 1 saturated heterocycles. The largest absolute Gasteiger partial charge is 0.444 e. The van der Waals surface area contributed by atoms with Crippen LogP contribution in [-0.2, 0) is 11.3 Å². The fraction of sp³-hybridized carbons (Fsp3) is 0.647. The van der Waals surface area contributed by atoms with Gasteiger partial charge < -0.3 is 15.4 Å². The lowest BCUT2D eigenvalue weighted by Gasteiger charge is -2.44. The number of carbonyl (C=O) groups excluding carboxylic acids is 2. The van der Waals surface area contributed by atoms with Crippen molar-refractivity contribution in [1.29, 1.82) is 0 Å². The molecule has 2 rings (SSSR count). The van der Waals surface area contributed by atoms with Crippen LogP contribution in [0.4, 0.5) is 4.79 Å². The molecule has 0 radical (unpaired) electrons. The predicted octanol–water partition coefficient (Wildman–Crippen LogP) is 2.68. The van der Waals surface area contributed by atoms with Crippen molar-refractivity contribution in [2.24, 2.45) is 5.73 Å². The predicted molar refractivity (Wildman–Crippen MR) is 95.1 cm³/mol. The van der Waals surface area contributed by atoms with Gasteiger partial charge in [0.25, 0.3) is 0 Å². The fourth-order valence-electron chi connectivity index (χ4n) is 2.79. The molecule has 1 fully saturated rings. The van der Waals surface area contributed by atoms with Gasteiger partial charge in [-0.25, -0.2) is 4.79 Å². The van der Waals surface area contributed by atoms with Crippen molar-refractivity contribution in [1.82, 2.24) is 9.80 Å². The number of primary amides is 1. The van der Waals surface area contributed by atoms with Gasteiger partial charge in [0.15, 0.2) is 0 Å². The van der Waals surface area contributed by atoms with E-state index >= 15 is 0 Å². The molecule has 7 heteroatoms. The van der Waals surface area contributed by atoms with Gasteiger partial charge in [0, 0.05) is 42.0 Å². The van der Waals surface area contributed by atoms with E-state index in [2.05, 4.69) is 11.8 Å². The summed E-state index contributed by atoms with van der Waals surface area (Å²) in [5.74, 6) is -0.395. The number of hydrogen-bond acceptors (Lipinski definition) is 5. The van der Waals surface area contributed by atoms with E-state index in [0.717, 1.165) is 18.0 Å². The number of rotatable bonds is 3. The highest BCUT2D eigenvalue weighted by molar-refractivity contribution is 7.10. The van der Waals surface area contributed by atoms with Crippen LogP contribution in [0, 0.1) is 0 Å². The van der Waals surface area contributed by atoms with Crippen molar-refractivity contribution in [2.75, 3.05) is 13.1 Å². The van der Waals surface area contributed by atoms with Crippen LogP contribution in [0.1, 0.15) is 49.9 Å². The smallest absolute Gasteiger partial charge is 0.410 e. The Kier molecular flexibility index (Phi) is 5.55. The Morgan fingerprint density at radius 1 is 1.29 bits per heavy atom. The average Bonchev–Trinajstić information content (AvgIpc) is 2.89. The number of nitrogens with two attached hydrogens (primary N) is 1. The van der Waals surface area contributed by atoms with Crippen LogP contribution in [0.2, 0.25) is 0 Å². The van der Waals surface area contributed by atoms with Gasteiger partial charge in [0.1, 0.15) is 5.60 Å². The summed E-state index contributed by atoms with van der Waals surface area (Å²) in [5, 5.41) is 1.79. The molecular weight excluding hydrogens is 326 g/mol. The highest BCUT2D eigenvalue weighted by Crippen LogP contribution is 2.23. The minimum Gasteiger partial charge on any atom is -0.444 e. The zero-order valence-corrected chi connectivity index (χ0v) is 15.9. The van der Waals surface area contributed by atoms with Crippen molar-refractivity contribution in [2.45, 2.75) is 58.8 Å². The van der Waals surface area contributed by atoms with E-state index in [0.29, 0.717) is 12.1 Å². The fourth-order valence-corrected chi connectivity index (χ4v) is 3.68. The third kappa shape index (κ3) is 4.70. The third-order valence-corrected chi connectivity index (χ3v) is 4.96. The van der Waals surface area contributed by atoms with Gasteiger partial charge in [0.05, 0.1) is 5.56 Å². The van der Waals surface area contributed by atoms with Crippen LogP contribution >= 0.6 is 11.3 Å². The van der Waals surface area contributed by atoms with E-state index in [1.807, 2.05) is 33.8 Å². The highest BCUT2D eigenvalue weighted by Gasteiger charge is 2.34. The maximum atomic E-state index is 12.3. The first-order chi connectivity index (χ1) is 11.1. The number of ether oxygens (including phenoxy) is 1. The number of thiophene rings is 1. The molecule has 1 aromatic rings. The number of nitrogens with zero attached hydrogens (tertiary/aromatic N) is 2. The molecule has 2 amide bonds. The molecule has 1 aliphatic heterocycles.